The van der Waals surface area contributed by atoms with E-state index in [1.165, 1.54) is 0 Å². The second-order valence-electron chi connectivity index (χ2n) is 5.18. The lowest BCUT2D eigenvalue weighted by Gasteiger charge is -2.19. The summed E-state index contributed by atoms with van der Waals surface area (Å²) in [6.07, 6.45) is 0.174. The predicted octanol–water partition coefficient (Wildman–Crippen LogP) is 2.52. The molecular formula is C14H21NO5. The fourth-order valence-corrected chi connectivity index (χ4v) is 1.36. The molecular weight excluding hydrogens is 262 g/mol. The van der Waals surface area contributed by atoms with Gasteiger partial charge in [-0.15, -0.1) is 0 Å². The smallest absolute Gasteiger partial charge is 0.407 e. The van der Waals surface area contributed by atoms with Gasteiger partial charge in [-0.3, -0.25) is 0 Å². The summed E-state index contributed by atoms with van der Waals surface area (Å²) in [5.41, 5.74) is -0.550. The number of rotatable bonds is 5. The highest BCUT2D eigenvalue weighted by molar-refractivity contribution is 5.86. The highest BCUT2D eigenvalue weighted by Crippen LogP contribution is 2.09. The van der Waals surface area contributed by atoms with Crippen molar-refractivity contribution < 1.29 is 23.5 Å². The van der Waals surface area contributed by atoms with E-state index in [1.807, 2.05) is 6.92 Å². The van der Waals surface area contributed by atoms with E-state index in [0.29, 0.717) is 6.42 Å². The summed E-state index contributed by atoms with van der Waals surface area (Å²) in [5.74, 6) is 0.346. The third kappa shape index (κ3) is 5.77. The second kappa shape index (κ2) is 6.98. The van der Waals surface area contributed by atoms with Crippen LogP contribution in [0.4, 0.5) is 4.79 Å². The Bertz CT molecular complexity index is 458. The minimum atomic E-state index is -0.550. The molecule has 0 aliphatic heterocycles. The van der Waals surface area contributed by atoms with E-state index < -0.39 is 17.7 Å². The monoisotopic (exact) mass is 283 g/mol. The van der Waals surface area contributed by atoms with Crippen molar-refractivity contribution >= 4 is 12.1 Å². The number of aryl methyl sites for hydroxylation is 1. The summed E-state index contributed by atoms with van der Waals surface area (Å²) in [7, 11) is 0. The van der Waals surface area contributed by atoms with Gasteiger partial charge in [0.15, 0.2) is 0 Å². The molecule has 6 heteroatoms. The molecule has 0 aromatic carbocycles. The zero-order valence-corrected chi connectivity index (χ0v) is 12.3. The molecule has 20 heavy (non-hydrogen) atoms. The number of hydrogen-bond acceptors (Lipinski definition) is 5. The van der Waals surface area contributed by atoms with Crippen LogP contribution in [0.2, 0.25) is 0 Å². The van der Waals surface area contributed by atoms with Crippen LogP contribution in [0, 0.1) is 0 Å². The van der Waals surface area contributed by atoms with Crippen molar-refractivity contribution in [1.82, 2.24) is 5.32 Å². The van der Waals surface area contributed by atoms with Crippen LogP contribution in [0.1, 0.15) is 44.0 Å². The van der Waals surface area contributed by atoms with E-state index in [1.54, 1.807) is 32.9 Å². The van der Waals surface area contributed by atoms with Gasteiger partial charge in [0.25, 0.3) is 0 Å². The Labute approximate surface area is 118 Å². The standard InChI is InChI=1S/C14H21NO5/c1-5-10-6-7-11(19-10)12(16)18-9-8-15-13(17)20-14(2,3)4/h6-7H,5,8-9H2,1-4H3,(H,15,17). The second-order valence-corrected chi connectivity index (χ2v) is 5.18. The van der Waals surface area contributed by atoms with Gasteiger partial charge < -0.3 is 19.2 Å². The molecule has 0 fully saturated rings. The van der Waals surface area contributed by atoms with Crippen LogP contribution in [0.3, 0.4) is 0 Å². The summed E-state index contributed by atoms with van der Waals surface area (Å²) in [6.45, 7) is 7.49. The van der Waals surface area contributed by atoms with Gasteiger partial charge in [0, 0.05) is 6.42 Å². The number of amides is 1. The maximum Gasteiger partial charge on any atom is 0.407 e. The number of alkyl carbamates (subject to hydrolysis) is 1. The first kappa shape index (κ1) is 16.1. The van der Waals surface area contributed by atoms with Crippen molar-refractivity contribution in [3.8, 4) is 0 Å². The normalized spacial score (nSPS) is 11.0. The van der Waals surface area contributed by atoms with Crippen LogP contribution in [-0.4, -0.2) is 30.8 Å². The Morgan fingerprint density at radius 3 is 2.55 bits per heavy atom. The first-order chi connectivity index (χ1) is 9.31. The molecule has 0 aliphatic rings. The number of furan rings is 1. The molecule has 1 amide bonds. The van der Waals surface area contributed by atoms with E-state index >= 15 is 0 Å². The van der Waals surface area contributed by atoms with Gasteiger partial charge in [-0.05, 0) is 32.9 Å². The first-order valence-electron chi connectivity index (χ1n) is 6.54. The maximum absolute atomic E-state index is 11.6. The van der Waals surface area contributed by atoms with Gasteiger partial charge in [0.2, 0.25) is 5.76 Å². The predicted molar refractivity (Wildman–Crippen MR) is 72.6 cm³/mol. The molecule has 0 atom stereocenters. The molecule has 1 aromatic rings. The molecule has 6 nitrogen and oxygen atoms in total. The van der Waals surface area contributed by atoms with Crippen LogP contribution in [0.25, 0.3) is 0 Å². The van der Waals surface area contributed by atoms with E-state index in [9.17, 15) is 9.59 Å². The lowest BCUT2D eigenvalue weighted by molar-refractivity contribution is 0.0412. The van der Waals surface area contributed by atoms with Crippen molar-refractivity contribution in [2.24, 2.45) is 0 Å². The highest BCUT2D eigenvalue weighted by Gasteiger charge is 2.16. The minimum Gasteiger partial charge on any atom is -0.458 e. The lowest BCUT2D eigenvalue weighted by Crippen LogP contribution is -2.34. The molecule has 1 heterocycles. The van der Waals surface area contributed by atoms with Crippen molar-refractivity contribution in [3.05, 3.63) is 23.7 Å². The fourth-order valence-electron chi connectivity index (χ4n) is 1.36. The zero-order chi connectivity index (χ0) is 15.2. The summed E-state index contributed by atoms with van der Waals surface area (Å²) in [4.78, 5) is 22.9. The number of nitrogens with one attached hydrogen (secondary N) is 1. The van der Waals surface area contributed by atoms with E-state index in [2.05, 4.69) is 5.32 Å². The molecule has 0 radical (unpaired) electrons. The molecule has 0 bridgehead atoms. The largest absolute Gasteiger partial charge is 0.458 e. The zero-order valence-electron chi connectivity index (χ0n) is 12.3. The summed E-state index contributed by atoms with van der Waals surface area (Å²) in [5, 5.41) is 2.49. The minimum absolute atomic E-state index is 0.0558. The van der Waals surface area contributed by atoms with Gasteiger partial charge in [0.1, 0.15) is 18.0 Å². The molecule has 0 unspecified atom stereocenters. The van der Waals surface area contributed by atoms with Crippen LogP contribution >= 0.6 is 0 Å². The Hall–Kier alpha value is -1.98. The van der Waals surface area contributed by atoms with E-state index in [0.717, 1.165) is 5.76 Å². The van der Waals surface area contributed by atoms with Gasteiger partial charge in [-0.25, -0.2) is 9.59 Å². The van der Waals surface area contributed by atoms with Crippen molar-refractivity contribution in [2.75, 3.05) is 13.2 Å². The topological polar surface area (TPSA) is 77.8 Å². The summed E-state index contributed by atoms with van der Waals surface area (Å²) < 4.78 is 15.3. The fraction of sp³-hybridized carbons (Fsp3) is 0.571. The summed E-state index contributed by atoms with van der Waals surface area (Å²) in [6, 6.07) is 3.30. The van der Waals surface area contributed by atoms with Gasteiger partial charge in [-0.1, -0.05) is 6.92 Å². The van der Waals surface area contributed by atoms with Crippen molar-refractivity contribution in [2.45, 2.75) is 39.7 Å². The van der Waals surface area contributed by atoms with Gasteiger partial charge >= 0.3 is 12.1 Å². The van der Waals surface area contributed by atoms with E-state index in [4.69, 9.17) is 13.9 Å². The number of ether oxygens (including phenoxy) is 2. The number of carbonyl (C=O) groups excluding carboxylic acids is 2. The van der Waals surface area contributed by atoms with E-state index in [-0.39, 0.29) is 18.9 Å². The van der Waals surface area contributed by atoms with Crippen LogP contribution in [0.15, 0.2) is 16.5 Å². The van der Waals surface area contributed by atoms with Crippen molar-refractivity contribution in [3.63, 3.8) is 0 Å². The Morgan fingerprint density at radius 1 is 1.30 bits per heavy atom. The molecule has 0 saturated carbocycles. The number of hydrogen-bond donors (Lipinski definition) is 1. The molecule has 112 valence electrons. The molecule has 0 spiro atoms. The average Bonchev–Trinajstić information content (AvgIpc) is 2.81. The Morgan fingerprint density at radius 2 is 2.00 bits per heavy atom. The molecule has 1 aromatic heterocycles. The Balaban J connectivity index is 2.24. The lowest BCUT2D eigenvalue weighted by atomic mass is 10.2. The maximum atomic E-state index is 11.6. The third-order valence-electron chi connectivity index (χ3n) is 2.21. The summed E-state index contributed by atoms with van der Waals surface area (Å²) >= 11 is 0. The number of esters is 1. The first-order valence-corrected chi connectivity index (χ1v) is 6.54. The molecule has 0 aliphatic carbocycles. The Kier molecular flexibility index (Phi) is 5.61. The van der Waals surface area contributed by atoms with Crippen molar-refractivity contribution in [1.29, 1.82) is 0 Å². The molecule has 0 saturated heterocycles. The van der Waals surface area contributed by atoms with Gasteiger partial charge in [0.05, 0.1) is 6.54 Å². The van der Waals surface area contributed by atoms with Crippen LogP contribution < -0.4 is 5.32 Å². The number of carbonyl (C=O) groups is 2. The van der Waals surface area contributed by atoms with Crippen LogP contribution in [-0.2, 0) is 15.9 Å². The molecule has 1 rings (SSSR count). The highest BCUT2D eigenvalue weighted by atomic mass is 16.6. The molecule has 1 N–H and O–H groups in total. The average molecular weight is 283 g/mol. The SMILES string of the molecule is CCc1ccc(C(=O)OCCNC(=O)OC(C)(C)C)o1. The third-order valence-corrected chi connectivity index (χ3v) is 2.21. The van der Waals surface area contributed by atoms with Crippen LogP contribution in [0.5, 0.6) is 0 Å². The quantitative estimate of drug-likeness (QED) is 0.663. The van der Waals surface area contributed by atoms with Gasteiger partial charge in [-0.2, -0.15) is 0 Å².